The van der Waals surface area contributed by atoms with Crippen LogP contribution in [0.15, 0.2) is 60.7 Å². The third-order valence-corrected chi connectivity index (χ3v) is 3.98. The maximum absolute atomic E-state index is 12.1. The quantitative estimate of drug-likeness (QED) is 0.289. The van der Waals surface area contributed by atoms with E-state index in [1.54, 1.807) is 30.3 Å². The molecule has 0 saturated carbocycles. The van der Waals surface area contributed by atoms with Crippen molar-refractivity contribution in [3.63, 3.8) is 0 Å². The molecule has 0 aliphatic heterocycles. The van der Waals surface area contributed by atoms with Crippen LogP contribution in [0.4, 0.5) is 5.69 Å². The maximum Gasteiger partial charge on any atom is 0.331 e. The molecule has 0 aliphatic rings. The van der Waals surface area contributed by atoms with Gasteiger partial charge in [-0.1, -0.05) is 42.5 Å². The molecule has 1 atom stereocenters. The standard InChI is InChI=1S/C21H20N2O7/c1-29-21(26)17(13-15-7-3-2-4-8-15)22-19(24)14-30-20(25)12-11-16-9-5-6-10-18(16)23(27)28/h2-12,17H,13-14H2,1H3,(H,22,24)/b12-11+. The van der Waals surface area contributed by atoms with Crippen molar-refractivity contribution in [2.24, 2.45) is 0 Å². The predicted octanol–water partition coefficient (Wildman–Crippen LogP) is 2.05. The van der Waals surface area contributed by atoms with Crippen LogP contribution in [-0.4, -0.2) is 42.5 Å². The molecule has 0 fully saturated rings. The number of hydrogen-bond donors (Lipinski definition) is 1. The molecule has 30 heavy (non-hydrogen) atoms. The zero-order chi connectivity index (χ0) is 21.9. The van der Waals surface area contributed by atoms with Gasteiger partial charge in [-0.2, -0.15) is 0 Å². The van der Waals surface area contributed by atoms with Crippen molar-refractivity contribution in [3.8, 4) is 0 Å². The van der Waals surface area contributed by atoms with Gasteiger partial charge < -0.3 is 14.8 Å². The van der Waals surface area contributed by atoms with E-state index in [1.165, 1.54) is 31.4 Å². The van der Waals surface area contributed by atoms with Gasteiger partial charge in [0.15, 0.2) is 6.61 Å². The van der Waals surface area contributed by atoms with Crippen LogP contribution < -0.4 is 5.32 Å². The number of nitrogens with zero attached hydrogens (tertiary/aromatic N) is 1. The topological polar surface area (TPSA) is 125 Å². The summed E-state index contributed by atoms with van der Waals surface area (Å²) in [6, 6.07) is 14.0. The van der Waals surface area contributed by atoms with E-state index in [0.717, 1.165) is 11.6 Å². The normalized spacial score (nSPS) is 11.5. The first-order valence-corrected chi connectivity index (χ1v) is 8.90. The fourth-order valence-corrected chi connectivity index (χ4v) is 2.56. The lowest BCUT2D eigenvalue weighted by atomic mass is 10.1. The van der Waals surface area contributed by atoms with Crippen LogP contribution in [0.5, 0.6) is 0 Å². The molecular formula is C21H20N2O7. The largest absolute Gasteiger partial charge is 0.467 e. The van der Waals surface area contributed by atoms with E-state index in [-0.39, 0.29) is 17.7 Å². The number of rotatable bonds is 9. The lowest BCUT2D eigenvalue weighted by molar-refractivity contribution is -0.385. The van der Waals surface area contributed by atoms with Crippen LogP contribution in [0.2, 0.25) is 0 Å². The van der Waals surface area contributed by atoms with Crippen LogP contribution in [0, 0.1) is 10.1 Å². The number of carbonyl (C=O) groups excluding carboxylic acids is 3. The van der Waals surface area contributed by atoms with Crippen LogP contribution in [0.25, 0.3) is 6.08 Å². The average Bonchev–Trinajstić information content (AvgIpc) is 2.76. The number of esters is 2. The summed E-state index contributed by atoms with van der Waals surface area (Å²) in [6.45, 7) is -0.623. The number of carbonyl (C=O) groups is 3. The van der Waals surface area contributed by atoms with E-state index in [1.807, 2.05) is 6.07 Å². The molecule has 0 bridgehead atoms. The SMILES string of the molecule is COC(=O)C(Cc1ccccc1)NC(=O)COC(=O)/C=C/c1ccccc1[N+](=O)[O-]. The molecule has 0 aliphatic carbocycles. The number of nitro groups is 1. The summed E-state index contributed by atoms with van der Waals surface area (Å²) in [5, 5.41) is 13.4. The van der Waals surface area contributed by atoms with Gasteiger partial charge in [-0.25, -0.2) is 9.59 Å². The Morgan fingerprint density at radius 1 is 1.10 bits per heavy atom. The smallest absolute Gasteiger partial charge is 0.331 e. The number of nitro benzene ring substituents is 1. The van der Waals surface area contributed by atoms with E-state index in [0.29, 0.717) is 0 Å². The molecule has 1 unspecified atom stereocenters. The van der Waals surface area contributed by atoms with E-state index < -0.39 is 35.4 Å². The first-order chi connectivity index (χ1) is 14.4. The van der Waals surface area contributed by atoms with Gasteiger partial charge in [-0.15, -0.1) is 0 Å². The second kappa shape index (κ2) is 11.1. The van der Waals surface area contributed by atoms with Gasteiger partial charge in [0.05, 0.1) is 17.6 Å². The van der Waals surface area contributed by atoms with Crippen molar-refractivity contribution in [3.05, 3.63) is 81.9 Å². The highest BCUT2D eigenvalue weighted by Crippen LogP contribution is 2.18. The van der Waals surface area contributed by atoms with Crippen molar-refractivity contribution in [1.29, 1.82) is 0 Å². The Morgan fingerprint density at radius 2 is 1.77 bits per heavy atom. The minimum absolute atomic E-state index is 0.166. The Kier molecular flexibility index (Phi) is 8.25. The van der Waals surface area contributed by atoms with Gasteiger partial charge >= 0.3 is 11.9 Å². The number of nitrogens with one attached hydrogen (secondary N) is 1. The number of para-hydroxylation sites is 1. The zero-order valence-corrected chi connectivity index (χ0v) is 16.1. The summed E-state index contributed by atoms with van der Waals surface area (Å²) in [5.74, 6) is -2.18. The predicted molar refractivity (Wildman–Crippen MR) is 107 cm³/mol. The molecule has 2 rings (SSSR count). The minimum atomic E-state index is -0.939. The fraction of sp³-hybridized carbons (Fsp3) is 0.190. The molecule has 1 N–H and O–H groups in total. The first-order valence-electron chi connectivity index (χ1n) is 8.90. The monoisotopic (exact) mass is 412 g/mol. The van der Waals surface area contributed by atoms with Crippen molar-refractivity contribution >= 4 is 29.6 Å². The molecule has 0 saturated heterocycles. The number of benzene rings is 2. The van der Waals surface area contributed by atoms with Crippen molar-refractivity contribution < 1.29 is 28.8 Å². The van der Waals surface area contributed by atoms with Gasteiger partial charge in [-0.05, 0) is 17.7 Å². The Labute approximate surface area is 172 Å². The minimum Gasteiger partial charge on any atom is -0.467 e. The Balaban J connectivity index is 1.91. The maximum atomic E-state index is 12.1. The second-order valence-corrected chi connectivity index (χ2v) is 6.09. The molecular weight excluding hydrogens is 392 g/mol. The lowest BCUT2D eigenvalue weighted by Crippen LogP contribution is -2.44. The number of ether oxygens (including phenoxy) is 2. The van der Waals surface area contributed by atoms with Gasteiger partial charge in [0.1, 0.15) is 6.04 Å². The molecule has 0 radical (unpaired) electrons. The molecule has 0 aromatic heterocycles. The van der Waals surface area contributed by atoms with E-state index in [9.17, 15) is 24.5 Å². The summed E-state index contributed by atoms with van der Waals surface area (Å²) in [4.78, 5) is 46.2. The molecule has 9 heteroatoms. The number of amides is 1. The van der Waals surface area contributed by atoms with Gasteiger partial charge in [0.2, 0.25) is 0 Å². The fourth-order valence-electron chi connectivity index (χ4n) is 2.56. The molecule has 156 valence electrons. The first kappa shape index (κ1) is 22.3. The second-order valence-electron chi connectivity index (χ2n) is 6.09. The number of hydrogen-bond acceptors (Lipinski definition) is 7. The average molecular weight is 412 g/mol. The molecule has 1 amide bonds. The third-order valence-electron chi connectivity index (χ3n) is 3.98. The van der Waals surface area contributed by atoms with Crippen molar-refractivity contribution in [1.82, 2.24) is 5.32 Å². The van der Waals surface area contributed by atoms with Crippen molar-refractivity contribution in [2.45, 2.75) is 12.5 Å². The molecule has 9 nitrogen and oxygen atoms in total. The van der Waals surface area contributed by atoms with E-state index in [4.69, 9.17) is 9.47 Å². The number of methoxy groups -OCH3 is 1. The summed E-state index contributed by atoms with van der Waals surface area (Å²) < 4.78 is 9.53. The molecule has 0 spiro atoms. The Morgan fingerprint density at radius 3 is 2.43 bits per heavy atom. The van der Waals surface area contributed by atoms with Gasteiger partial charge in [0.25, 0.3) is 11.6 Å². The molecule has 2 aromatic rings. The summed E-state index contributed by atoms with van der Waals surface area (Å²) >= 11 is 0. The van der Waals surface area contributed by atoms with E-state index in [2.05, 4.69) is 5.32 Å². The third kappa shape index (κ3) is 6.86. The van der Waals surface area contributed by atoms with Crippen LogP contribution in [0.3, 0.4) is 0 Å². The van der Waals surface area contributed by atoms with E-state index >= 15 is 0 Å². The highest BCUT2D eigenvalue weighted by atomic mass is 16.6. The zero-order valence-electron chi connectivity index (χ0n) is 16.1. The molecule has 0 heterocycles. The summed E-state index contributed by atoms with van der Waals surface area (Å²) in [7, 11) is 1.21. The lowest BCUT2D eigenvalue weighted by Gasteiger charge is -2.16. The van der Waals surface area contributed by atoms with Gasteiger partial charge in [0, 0.05) is 18.6 Å². The van der Waals surface area contributed by atoms with Crippen LogP contribution in [-0.2, 0) is 30.3 Å². The van der Waals surface area contributed by atoms with Gasteiger partial charge in [-0.3, -0.25) is 14.9 Å². The van der Waals surface area contributed by atoms with Crippen molar-refractivity contribution in [2.75, 3.05) is 13.7 Å². The summed E-state index contributed by atoms with van der Waals surface area (Å²) in [6.07, 6.45) is 2.42. The molecule has 2 aromatic carbocycles. The highest BCUT2D eigenvalue weighted by molar-refractivity contribution is 5.91. The van der Waals surface area contributed by atoms with Crippen LogP contribution >= 0.6 is 0 Å². The van der Waals surface area contributed by atoms with Crippen LogP contribution in [0.1, 0.15) is 11.1 Å². The summed E-state index contributed by atoms with van der Waals surface area (Å²) in [5.41, 5.74) is 0.872. The highest BCUT2D eigenvalue weighted by Gasteiger charge is 2.22. The Bertz CT molecular complexity index is 941. The Hall–Kier alpha value is -4.01.